The zero-order valence-corrected chi connectivity index (χ0v) is 11.0. The molecule has 2 atom stereocenters. The molecule has 0 saturated carbocycles. The highest BCUT2D eigenvalue weighted by molar-refractivity contribution is 5.90. The molecule has 0 heterocycles. The number of amides is 2. The largest absolute Gasteiger partial charge is 0.480 e. The van der Waals surface area contributed by atoms with Crippen molar-refractivity contribution in [3.8, 4) is 0 Å². The highest BCUT2D eigenvalue weighted by atomic mass is 16.4. The van der Waals surface area contributed by atoms with Gasteiger partial charge in [-0.2, -0.15) is 0 Å². The highest BCUT2D eigenvalue weighted by Crippen LogP contribution is 2.05. The van der Waals surface area contributed by atoms with Gasteiger partial charge in [-0.05, 0) is 12.3 Å². The van der Waals surface area contributed by atoms with Gasteiger partial charge in [0.05, 0.1) is 6.61 Å². The third-order valence-electron chi connectivity index (χ3n) is 2.29. The Balaban J connectivity index is 4.57. The molecule has 0 aliphatic carbocycles. The fourth-order valence-electron chi connectivity index (χ4n) is 1.35. The molecule has 0 aromatic heterocycles. The van der Waals surface area contributed by atoms with Gasteiger partial charge in [0, 0.05) is 0 Å². The molecule has 0 spiro atoms. The number of carboxylic acids is 1. The first-order valence-corrected chi connectivity index (χ1v) is 5.94. The van der Waals surface area contributed by atoms with E-state index in [1.54, 1.807) is 0 Å². The summed E-state index contributed by atoms with van der Waals surface area (Å²) < 4.78 is 0. The number of hydrogen-bond acceptors (Lipinski definition) is 5. The maximum Gasteiger partial charge on any atom is 0.322 e. The molecule has 19 heavy (non-hydrogen) atoms. The number of nitrogens with two attached hydrogens (primary N) is 1. The number of aliphatic carboxylic acids is 1. The number of nitrogens with one attached hydrogen (secondary N) is 2. The van der Waals surface area contributed by atoms with Crippen molar-refractivity contribution in [2.24, 2.45) is 11.7 Å². The Morgan fingerprint density at radius 1 is 1.21 bits per heavy atom. The fraction of sp³-hybridized carbons (Fsp3) is 0.727. The van der Waals surface area contributed by atoms with Gasteiger partial charge in [-0.3, -0.25) is 14.4 Å². The third-order valence-corrected chi connectivity index (χ3v) is 2.29. The van der Waals surface area contributed by atoms with E-state index in [0.717, 1.165) is 0 Å². The van der Waals surface area contributed by atoms with Crippen LogP contribution in [-0.2, 0) is 14.4 Å². The van der Waals surface area contributed by atoms with Gasteiger partial charge in [0.2, 0.25) is 11.8 Å². The molecule has 0 saturated heterocycles. The molecular formula is C11H21N3O5. The second-order valence-electron chi connectivity index (χ2n) is 4.59. The van der Waals surface area contributed by atoms with Crippen molar-refractivity contribution >= 4 is 17.8 Å². The average Bonchev–Trinajstić information content (AvgIpc) is 2.33. The monoisotopic (exact) mass is 275 g/mol. The van der Waals surface area contributed by atoms with Crippen molar-refractivity contribution in [1.82, 2.24) is 10.6 Å². The average molecular weight is 275 g/mol. The van der Waals surface area contributed by atoms with Crippen molar-refractivity contribution in [3.63, 3.8) is 0 Å². The van der Waals surface area contributed by atoms with Crippen LogP contribution in [-0.4, -0.2) is 53.2 Å². The van der Waals surface area contributed by atoms with E-state index in [-0.39, 0.29) is 5.92 Å². The van der Waals surface area contributed by atoms with E-state index < -0.39 is 43.0 Å². The molecule has 0 fully saturated rings. The normalized spacial score (nSPS) is 13.7. The number of carbonyl (C=O) groups is 3. The Bertz CT molecular complexity index is 332. The van der Waals surface area contributed by atoms with Gasteiger partial charge < -0.3 is 26.6 Å². The molecule has 0 aliphatic heterocycles. The second kappa shape index (κ2) is 8.44. The molecule has 8 nitrogen and oxygen atoms in total. The summed E-state index contributed by atoms with van der Waals surface area (Å²) in [6.45, 7) is 2.66. The van der Waals surface area contributed by atoms with E-state index in [9.17, 15) is 14.4 Å². The van der Waals surface area contributed by atoms with Crippen molar-refractivity contribution < 1.29 is 24.6 Å². The van der Waals surface area contributed by atoms with Gasteiger partial charge >= 0.3 is 5.97 Å². The number of hydrogen-bond donors (Lipinski definition) is 5. The first-order chi connectivity index (χ1) is 8.77. The number of aliphatic hydroxyl groups excluding tert-OH is 1. The lowest BCUT2D eigenvalue weighted by Gasteiger charge is -2.21. The smallest absolute Gasteiger partial charge is 0.322 e. The summed E-state index contributed by atoms with van der Waals surface area (Å²) in [5, 5.41) is 21.8. The van der Waals surface area contributed by atoms with Crippen LogP contribution in [0.15, 0.2) is 0 Å². The Morgan fingerprint density at radius 2 is 1.79 bits per heavy atom. The van der Waals surface area contributed by atoms with Crippen molar-refractivity contribution in [3.05, 3.63) is 0 Å². The maximum absolute atomic E-state index is 11.7. The number of rotatable bonds is 8. The SMILES string of the molecule is CC(C)C[C@H](NC(=O)[C@@H](N)CO)C(=O)NCC(=O)O. The van der Waals surface area contributed by atoms with Gasteiger partial charge in [-0.25, -0.2) is 0 Å². The summed E-state index contributed by atoms with van der Waals surface area (Å²) in [5.41, 5.74) is 5.33. The molecular weight excluding hydrogens is 254 g/mol. The van der Waals surface area contributed by atoms with Gasteiger partial charge in [0.25, 0.3) is 0 Å². The molecule has 0 aliphatic rings. The zero-order valence-electron chi connectivity index (χ0n) is 11.0. The highest BCUT2D eigenvalue weighted by Gasteiger charge is 2.24. The molecule has 0 bridgehead atoms. The molecule has 0 unspecified atom stereocenters. The van der Waals surface area contributed by atoms with Gasteiger partial charge in [-0.1, -0.05) is 13.8 Å². The van der Waals surface area contributed by atoms with Crippen LogP contribution in [0.5, 0.6) is 0 Å². The summed E-state index contributed by atoms with van der Waals surface area (Å²) in [7, 11) is 0. The van der Waals surface area contributed by atoms with E-state index in [0.29, 0.717) is 6.42 Å². The van der Waals surface area contributed by atoms with Crippen LogP contribution < -0.4 is 16.4 Å². The minimum absolute atomic E-state index is 0.117. The summed E-state index contributed by atoms with van der Waals surface area (Å²) in [6, 6.07) is -1.98. The zero-order chi connectivity index (χ0) is 15.0. The van der Waals surface area contributed by atoms with Crippen LogP contribution in [0.1, 0.15) is 20.3 Å². The predicted octanol–water partition coefficient (Wildman–Crippen LogP) is -1.96. The van der Waals surface area contributed by atoms with Gasteiger partial charge in [-0.15, -0.1) is 0 Å². The van der Waals surface area contributed by atoms with Crippen LogP contribution in [0.2, 0.25) is 0 Å². The Hall–Kier alpha value is -1.67. The summed E-state index contributed by atoms with van der Waals surface area (Å²) in [4.78, 5) is 33.6. The Morgan fingerprint density at radius 3 is 2.21 bits per heavy atom. The van der Waals surface area contributed by atoms with Gasteiger partial charge in [0.15, 0.2) is 0 Å². The lowest BCUT2D eigenvalue weighted by atomic mass is 10.0. The van der Waals surface area contributed by atoms with E-state index in [2.05, 4.69) is 10.6 Å². The Labute approximate surface area is 111 Å². The van der Waals surface area contributed by atoms with Crippen LogP contribution in [0.3, 0.4) is 0 Å². The van der Waals surface area contributed by atoms with Crippen molar-refractivity contribution in [2.75, 3.05) is 13.2 Å². The molecule has 0 radical (unpaired) electrons. The third kappa shape index (κ3) is 7.37. The molecule has 2 amide bonds. The predicted molar refractivity (Wildman–Crippen MR) is 67.1 cm³/mol. The standard InChI is InChI=1S/C11H21N3O5/c1-6(2)3-8(11(19)13-4-9(16)17)14-10(18)7(12)5-15/h6-8,15H,3-5,12H2,1-2H3,(H,13,19)(H,14,18)(H,16,17)/t7-,8-/m0/s1. The van der Waals surface area contributed by atoms with Crippen molar-refractivity contribution in [1.29, 1.82) is 0 Å². The van der Waals surface area contributed by atoms with Crippen LogP contribution in [0.25, 0.3) is 0 Å². The lowest BCUT2D eigenvalue weighted by Crippen LogP contribution is -2.53. The number of carboxylic acid groups (broad SMARTS) is 1. The molecule has 0 aromatic carbocycles. The summed E-state index contributed by atoms with van der Waals surface area (Å²) in [6.07, 6.45) is 0.343. The lowest BCUT2D eigenvalue weighted by molar-refractivity contribution is -0.138. The Kier molecular flexibility index (Phi) is 7.69. The number of carbonyl (C=O) groups excluding carboxylic acids is 2. The molecule has 6 N–H and O–H groups in total. The minimum Gasteiger partial charge on any atom is -0.480 e. The maximum atomic E-state index is 11.7. The minimum atomic E-state index is -1.17. The van der Waals surface area contributed by atoms with E-state index in [1.165, 1.54) is 0 Å². The topological polar surface area (TPSA) is 142 Å². The van der Waals surface area contributed by atoms with Gasteiger partial charge in [0.1, 0.15) is 18.6 Å². The van der Waals surface area contributed by atoms with E-state index >= 15 is 0 Å². The molecule has 0 rings (SSSR count). The van der Waals surface area contributed by atoms with Crippen LogP contribution in [0, 0.1) is 5.92 Å². The summed E-state index contributed by atoms with van der Waals surface area (Å²) in [5.74, 6) is -2.30. The molecule has 110 valence electrons. The first kappa shape index (κ1) is 17.3. The number of aliphatic hydroxyl groups is 1. The molecule has 0 aromatic rings. The second-order valence-corrected chi connectivity index (χ2v) is 4.59. The van der Waals surface area contributed by atoms with Crippen molar-refractivity contribution in [2.45, 2.75) is 32.4 Å². The van der Waals surface area contributed by atoms with E-state index in [1.807, 2.05) is 13.8 Å². The van der Waals surface area contributed by atoms with Crippen LogP contribution >= 0.6 is 0 Å². The van der Waals surface area contributed by atoms with E-state index in [4.69, 9.17) is 15.9 Å². The quantitative estimate of drug-likeness (QED) is 0.348. The molecule has 8 heteroatoms. The fourth-order valence-corrected chi connectivity index (χ4v) is 1.35. The summed E-state index contributed by atoms with van der Waals surface area (Å²) >= 11 is 0. The first-order valence-electron chi connectivity index (χ1n) is 5.94. The van der Waals surface area contributed by atoms with Crippen LogP contribution in [0.4, 0.5) is 0 Å².